The molecule has 8 nitrogen and oxygen atoms in total. The Labute approximate surface area is 147 Å². The number of aromatic nitrogens is 4. The van der Waals surface area contributed by atoms with Gasteiger partial charge in [0.1, 0.15) is 12.1 Å². The van der Waals surface area contributed by atoms with Gasteiger partial charge in [-0.1, -0.05) is 0 Å². The van der Waals surface area contributed by atoms with Crippen molar-refractivity contribution in [3.63, 3.8) is 0 Å². The van der Waals surface area contributed by atoms with Gasteiger partial charge in [0.05, 0.1) is 11.8 Å². The Morgan fingerprint density at radius 2 is 2.27 bits per heavy atom. The van der Waals surface area contributed by atoms with Gasteiger partial charge in [0, 0.05) is 38.4 Å². The third-order valence-electron chi connectivity index (χ3n) is 4.70. The second kappa shape index (κ2) is 6.36. The van der Waals surface area contributed by atoms with Gasteiger partial charge >= 0.3 is 5.69 Å². The highest BCUT2D eigenvalue weighted by Gasteiger charge is 2.52. The molecule has 10 heteroatoms. The fourth-order valence-corrected chi connectivity index (χ4v) is 3.46. The van der Waals surface area contributed by atoms with Gasteiger partial charge in [-0.15, -0.1) is 0 Å². The lowest BCUT2D eigenvalue weighted by atomic mass is 10.1. The number of nitrogens with two attached hydrogens (primary N) is 1. The second-order valence-electron chi connectivity index (χ2n) is 6.60. The number of nitrogens with zero attached hydrogens (tertiary/aromatic N) is 5. The van der Waals surface area contributed by atoms with Gasteiger partial charge in [-0.25, -0.2) is 23.5 Å². The van der Waals surface area contributed by atoms with Crippen LogP contribution in [0.15, 0.2) is 29.6 Å². The average Bonchev–Trinajstić information content (AvgIpc) is 2.89. The number of ether oxygens (including phenoxy) is 1. The van der Waals surface area contributed by atoms with Crippen LogP contribution in [-0.2, 0) is 17.7 Å². The van der Waals surface area contributed by atoms with E-state index in [-0.39, 0.29) is 5.82 Å². The Bertz CT molecular complexity index is 874. The number of alkyl halides is 2. The molecule has 0 bridgehead atoms. The highest BCUT2D eigenvalue weighted by molar-refractivity contribution is 5.23. The summed E-state index contributed by atoms with van der Waals surface area (Å²) >= 11 is 0. The van der Waals surface area contributed by atoms with Crippen LogP contribution in [0.1, 0.15) is 23.9 Å². The van der Waals surface area contributed by atoms with Crippen LogP contribution in [0, 0.1) is 0 Å². The predicted octanol–water partition coefficient (Wildman–Crippen LogP) is 0.597. The van der Waals surface area contributed by atoms with Gasteiger partial charge in [-0.2, -0.15) is 4.98 Å². The minimum atomic E-state index is -3.16. The van der Waals surface area contributed by atoms with Crippen molar-refractivity contribution >= 4 is 5.82 Å². The molecule has 2 aromatic heterocycles. The average molecular weight is 364 g/mol. The van der Waals surface area contributed by atoms with E-state index in [4.69, 9.17) is 10.5 Å². The fourth-order valence-electron chi connectivity index (χ4n) is 3.46. The molecule has 4 rings (SSSR count). The lowest BCUT2D eigenvalue weighted by molar-refractivity contribution is -0.119. The SMILES string of the molecule is Nc1ccn([C@@H]2O[C@H](CN3CCc4cncnc4C3)CC2(F)F)c(=O)n1. The van der Waals surface area contributed by atoms with E-state index < -0.39 is 30.4 Å². The summed E-state index contributed by atoms with van der Waals surface area (Å²) in [4.78, 5) is 25.7. The summed E-state index contributed by atoms with van der Waals surface area (Å²) < 4.78 is 35.2. The van der Waals surface area contributed by atoms with E-state index in [2.05, 4.69) is 15.0 Å². The lowest BCUT2D eigenvalue weighted by Gasteiger charge is -2.29. The van der Waals surface area contributed by atoms with E-state index in [1.165, 1.54) is 18.6 Å². The van der Waals surface area contributed by atoms with Crippen molar-refractivity contribution in [1.29, 1.82) is 0 Å². The van der Waals surface area contributed by atoms with Crippen molar-refractivity contribution in [1.82, 2.24) is 24.4 Å². The highest BCUT2D eigenvalue weighted by atomic mass is 19.3. The van der Waals surface area contributed by atoms with Crippen molar-refractivity contribution in [3.05, 3.63) is 46.5 Å². The molecule has 2 N–H and O–H groups in total. The van der Waals surface area contributed by atoms with Crippen molar-refractivity contribution in [3.8, 4) is 0 Å². The van der Waals surface area contributed by atoms with Crippen LogP contribution in [0.5, 0.6) is 0 Å². The minimum Gasteiger partial charge on any atom is -0.383 e. The number of hydrogen-bond donors (Lipinski definition) is 1. The number of halogens is 2. The molecule has 2 aliphatic heterocycles. The number of fused-ring (bicyclic) bond motifs is 1. The minimum absolute atomic E-state index is 0.0157. The summed E-state index contributed by atoms with van der Waals surface area (Å²) in [6, 6.07) is 1.30. The second-order valence-corrected chi connectivity index (χ2v) is 6.60. The first-order valence-electron chi connectivity index (χ1n) is 8.30. The van der Waals surface area contributed by atoms with Crippen LogP contribution in [0.3, 0.4) is 0 Å². The van der Waals surface area contributed by atoms with Crippen molar-refractivity contribution in [2.75, 3.05) is 18.8 Å². The molecule has 2 aliphatic rings. The number of nitrogen functional groups attached to an aromatic ring is 1. The molecule has 0 spiro atoms. The Morgan fingerprint density at radius 3 is 3.08 bits per heavy atom. The first-order valence-corrected chi connectivity index (χ1v) is 8.30. The van der Waals surface area contributed by atoms with E-state index in [9.17, 15) is 13.6 Å². The molecule has 4 heterocycles. The number of rotatable bonds is 3. The maximum Gasteiger partial charge on any atom is 0.351 e. The molecule has 26 heavy (non-hydrogen) atoms. The summed E-state index contributed by atoms with van der Waals surface area (Å²) in [5.41, 5.74) is 6.56. The lowest BCUT2D eigenvalue weighted by Crippen LogP contribution is -2.37. The van der Waals surface area contributed by atoms with Crippen molar-refractivity contribution in [2.24, 2.45) is 0 Å². The zero-order valence-corrected chi connectivity index (χ0v) is 13.9. The normalized spacial score (nSPS) is 25.2. The number of anilines is 1. The summed E-state index contributed by atoms with van der Waals surface area (Å²) in [6.45, 7) is 1.63. The molecule has 1 fully saturated rings. The molecule has 2 aromatic rings. The molecular formula is C16H18F2N6O2. The van der Waals surface area contributed by atoms with E-state index in [1.807, 2.05) is 4.90 Å². The van der Waals surface area contributed by atoms with E-state index >= 15 is 0 Å². The standard InChI is InChI=1S/C16H18F2N6O2/c17-16(18)5-11(26-14(16)24-4-2-13(19)22-15(24)25)7-23-3-1-10-6-20-9-21-12(10)8-23/h2,4,6,9,11,14H,1,3,5,7-8H2,(H2,19,22,25)/t11-,14+/m0/s1. The summed E-state index contributed by atoms with van der Waals surface area (Å²) in [5, 5.41) is 0. The summed E-state index contributed by atoms with van der Waals surface area (Å²) in [6.07, 6.45) is 2.41. The quantitative estimate of drug-likeness (QED) is 0.851. The summed E-state index contributed by atoms with van der Waals surface area (Å²) in [7, 11) is 0. The van der Waals surface area contributed by atoms with Gasteiger partial charge in [0.15, 0.2) is 0 Å². The van der Waals surface area contributed by atoms with E-state index in [1.54, 1.807) is 6.20 Å². The third-order valence-corrected chi connectivity index (χ3v) is 4.70. The van der Waals surface area contributed by atoms with Crippen LogP contribution in [0.25, 0.3) is 0 Å². The van der Waals surface area contributed by atoms with Crippen LogP contribution < -0.4 is 11.4 Å². The monoisotopic (exact) mass is 364 g/mol. The molecular weight excluding hydrogens is 346 g/mol. The predicted molar refractivity (Wildman–Crippen MR) is 87.4 cm³/mol. The zero-order chi connectivity index (χ0) is 18.3. The molecule has 0 saturated carbocycles. The third kappa shape index (κ3) is 3.17. The molecule has 0 aromatic carbocycles. The van der Waals surface area contributed by atoms with Crippen LogP contribution in [-0.4, -0.2) is 49.5 Å². The molecule has 138 valence electrons. The molecule has 2 atom stereocenters. The van der Waals surface area contributed by atoms with Crippen molar-refractivity contribution in [2.45, 2.75) is 37.6 Å². The van der Waals surface area contributed by atoms with Crippen LogP contribution in [0.4, 0.5) is 14.6 Å². The summed E-state index contributed by atoms with van der Waals surface area (Å²) in [5.74, 6) is -3.18. The Balaban J connectivity index is 1.47. The van der Waals surface area contributed by atoms with Gasteiger partial charge in [-0.3, -0.25) is 9.47 Å². The molecule has 0 amide bonds. The first-order chi connectivity index (χ1) is 12.4. The Morgan fingerprint density at radius 1 is 1.42 bits per heavy atom. The van der Waals surface area contributed by atoms with Crippen molar-refractivity contribution < 1.29 is 13.5 Å². The molecule has 0 radical (unpaired) electrons. The number of hydrogen-bond acceptors (Lipinski definition) is 7. The Hall–Kier alpha value is -2.46. The topological polar surface area (TPSA) is 99.2 Å². The van der Waals surface area contributed by atoms with Gasteiger partial charge < -0.3 is 10.5 Å². The maximum absolute atomic E-state index is 14.4. The first kappa shape index (κ1) is 17.0. The van der Waals surface area contributed by atoms with E-state index in [0.717, 1.165) is 28.8 Å². The fraction of sp³-hybridized carbons (Fsp3) is 0.500. The van der Waals surface area contributed by atoms with Gasteiger partial charge in [-0.05, 0) is 18.1 Å². The molecule has 0 aliphatic carbocycles. The van der Waals surface area contributed by atoms with Gasteiger partial charge in [0.2, 0.25) is 6.23 Å². The van der Waals surface area contributed by atoms with Crippen LogP contribution in [0.2, 0.25) is 0 Å². The smallest absolute Gasteiger partial charge is 0.351 e. The maximum atomic E-state index is 14.4. The van der Waals surface area contributed by atoms with Gasteiger partial charge in [0.25, 0.3) is 5.92 Å². The van der Waals surface area contributed by atoms with Crippen LogP contribution >= 0.6 is 0 Å². The van der Waals surface area contributed by atoms with E-state index in [0.29, 0.717) is 13.1 Å². The Kier molecular flexibility index (Phi) is 4.16. The highest BCUT2D eigenvalue weighted by Crippen LogP contribution is 2.42. The molecule has 0 unspecified atom stereocenters. The largest absolute Gasteiger partial charge is 0.383 e. The zero-order valence-electron chi connectivity index (χ0n) is 13.9. The molecule has 1 saturated heterocycles.